The fourth-order valence-corrected chi connectivity index (χ4v) is 3.94. The number of benzene rings is 2. The van der Waals surface area contributed by atoms with Crippen molar-refractivity contribution in [1.82, 2.24) is 9.13 Å². The molecule has 1 aliphatic carbocycles. The Morgan fingerprint density at radius 3 is 2.60 bits per heavy atom. The van der Waals surface area contributed by atoms with E-state index in [1.54, 1.807) is 12.1 Å². The molecule has 1 unspecified atom stereocenters. The van der Waals surface area contributed by atoms with Gasteiger partial charge in [0.2, 0.25) is 0 Å². The van der Waals surface area contributed by atoms with Crippen LogP contribution in [0.4, 0.5) is 0 Å². The number of phenolic OH excluding ortho intramolecular Hbond substituents is 2. The predicted octanol–water partition coefficient (Wildman–Crippen LogP) is 4.21. The van der Waals surface area contributed by atoms with Crippen LogP contribution < -0.4 is 0 Å². The minimum atomic E-state index is -0.106. The van der Waals surface area contributed by atoms with Crippen LogP contribution in [0.5, 0.6) is 11.5 Å². The van der Waals surface area contributed by atoms with Gasteiger partial charge in [-0.05, 0) is 60.3 Å². The molecular formula is C20H20N2O2S. The molecule has 0 fully saturated rings. The van der Waals surface area contributed by atoms with Crippen molar-refractivity contribution in [3.05, 3.63) is 76.3 Å². The van der Waals surface area contributed by atoms with Gasteiger partial charge < -0.3 is 19.3 Å². The van der Waals surface area contributed by atoms with Crippen LogP contribution >= 0.6 is 12.2 Å². The summed E-state index contributed by atoms with van der Waals surface area (Å²) in [6.07, 6.45) is 7.23. The van der Waals surface area contributed by atoms with Crippen LogP contribution in [0.2, 0.25) is 0 Å². The first-order chi connectivity index (χ1) is 12.1. The highest BCUT2D eigenvalue weighted by Crippen LogP contribution is 2.30. The molecular weight excluding hydrogens is 332 g/mol. The molecule has 128 valence electrons. The quantitative estimate of drug-likeness (QED) is 0.548. The van der Waals surface area contributed by atoms with Crippen molar-refractivity contribution >= 4 is 12.2 Å². The van der Waals surface area contributed by atoms with Gasteiger partial charge in [-0.2, -0.15) is 0 Å². The summed E-state index contributed by atoms with van der Waals surface area (Å²) in [4.78, 5) is 0. The number of nitrogens with zero attached hydrogens (tertiary/aromatic N) is 2. The fourth-order valence-electron chi connectivity index (χ4n) is 3.61. The highest BCUT2D eigenvalue weighted by molar-refractivity contribution is 7.71. The second-order valence-electron chi connectivity index (χ2n) is 6.60. The second-order valence-corrected chi connectivity index (χ2v) is 6.97. The number of aromatic hydroxyl groups is 2. The molecule has 1 atom stereocenters. The first kappa shape index (κ1) is 16.0. The summed E-state index contributed by atoms with van der Waals surface area (Å²) in [6.45, 7) is 0.572. The van der Waals surface area contributed by atoms with Gasteiger partial charge in [0, 0.05) is 25.0 Å². The van der Waals surface area contributed by atoms with Gasteiger partial charge in [-0.1, -0.05) is 30.3 Å². The average Bonchev–Trinajstić information content (AvgIpc) is 2.98. The Hall–Kier alpha value is -2.53. The van der Waals surface area contributed by atoms with E-state index < -0.39 is 0 Å². The van der Waals surface area contributed by atoms with E-state index in [0.717, 1.165) is 29.6 Å². The minimum absolute atomic E-state index is 0.104. The molecule has 0 amide bonds. The monoisotopic (exact) mass is 352 g/mol. The van der Waals surface area contributed by atoms with Gasteiger partial charge in [-0.3, -0.25) is 0 Å². The molecule has 1 heterocycles. The molecule has 5 heteroatoms. The smallest absolute Gasteiger partial charge is 0.180 e. The number of hydrogen-bond donors (Lipinski definition) is 2. The van der Waals surface area contributed by atoms with Crippen molar-refractivity contribution in [2.75, 3.05) is 0 Å². The van der Waals surface area contributed by atoms with Crippen molar-refractivity contribution < 1.29 is 10.2 Å². The topological polar surface area (TPSA) is 50.3 Å². The predicted molar refractivity (Wildman–Crippen MR) is 99.6 cm³/mol. The summed E-state index contributed by atoms with van der Waals surface area (Å²) in [5, 5.41) is 19.1. The Morgan fingerprint density at radius 2 is 1.80 bits per heavy atom. The van der Waals surface area contributed by atoms with Crippen molar-refractivity contribution in [3.8, 4) is 11.5 Å². The molecule has 1 aliphatic rings. The van der Waals surface area contributed by atoms with Crippen LogP contribution in [0.25, 0.3) is 0 Å². The second kappa shape index (κ2) is 6.41. The van der Waals surface area contributed by atoms with Gasteiger partial charge in [0.25, 0.3) is 0 Å². The number of imidazole rings is 1. The molecule has 0 bridgehead atoms. The lowest BCUT2D eigenvalue weighted by Crippen LogP contribution is -2.18. The number of hydrogen-bond acceptors (Lipinski definition) is 3. The number of aryl methyl sites for hydroxylation is 1. The van der Waals surface area contributed by atoms with Crippen LogP contribution in [-0.2, 0) is 19.4 Å². The summed E-state index contributed by atoms with van der Waals surface area (Å²) >= 11 is 5.68. The molecule has 0 saturated carbocycles. The molecule has 0 saturated heterocycles. The van der Waals surface area contributed by atoms with Crippen molar-refractivity contribution in [1.29, 1.82) is 0 Å². The summed E-state index contributed by atoms with van der Waals surface area (Å²) < 4.78 is 4.98. The van der Waals surface area contributed by atoms with Crippen molar-refractivity contribution in [3.63, 3.8) is 0 Å². The normalized spacial score (nSPS) is 16.6. The Balaban J connectivity index is 1.57. The third-order valence-electron chi connectivity index (χ3n) is 4.98. The van der Waals surface area contributed by atoms with Crippen LogP contribution in [0.15, 0.2) is 54.9 Å². The lowest BCUT2D eigenvalue weighted by Gasteiger charge is -2.25. The molecule has 1 aromatic heterocycles. The number of rotatable bonds is 3. The zero-order chi connectivity index (χ0) is 17.4. The lowest BCUT2D eigenvalue weighted by molar-refractivity contribution is 0.403. The van der Waals surface area contributed by atoms with E-state index in [0.29, 0.717) is 12.6 Å². The zero-order valence-corrected chi connectivity index (χ0v) is 14.6. The first-order valence-corrected chi connectivity index (χ1v) is 8.87. The van der Waals surface area contributed by atoms with Crippen molar-refractivity contribution in [2.24, 2.45) is 0 Å². The molecule has 0 radical (unpaired) electrons. The van der Waals surface area contributed by atoms with Gasteiger partial charge >= 0.3 is 0 Å². The summed E-state index contributed by atoms with van der Waals surface area (Å²) in [6, 6.07) is 13.9. The maximum atomic E-state index is 9.66. The number of fused-ring (bicyclic) bond motifs is 1. The van der Waals surface area contributed by atoms with Crippen molar-refractivity contribution in [2.45, 2.75) is 31.8 Å². The maximum absolute atomic E-state index is 9.66. The van der Waals surface area contributed by atoms with Crippen LogP contribution in [0.1, 0.15) is 29.2 Å². The highest BCUT2D eigenvalue weighted by atomic mass is 32.1. The minimum Gasteiger partial charge on any atom is -0.504 e. The molecule has 0 aliphatic heterocycles. The van der Waals surface area contributed by atoms with Gasteiger partial charge in [0.1, 0.15) is 0 Å². The van der Waals surface area contributed by atoms with Crippen LogP contribution in [0.3, 0.4) is 0 Å². The molecule has 2 N–H and O–H groups in total. The van der Waals surface area contributed by atoms with E-state index in [2.05, 4.69) is 35.0 Å². The van der Waals surface area contributed by atoms with Gasteiger partial charge in [-0.25, -0.2) is 0 Å². The molecule has 3 aromatic rings. The van der Waals surface area contributed by atoms with E-state index >= 15 is 0 Å². The fraction of sp³-hybridized carbons (Fsp3) is 0.250. The summed E-state index contributed by atoms with van der Waals surface area (Å²) in [5.41, 5.74) is 3.76. The molecule has 4 nitrogen and oxygen atoms in total. The average molecular weight is 352 g/mol. The van der Waals surface area contributed by atoms with E-state index in [1.807, 2.05) is 10.8 Å². The Labute approximate surface area is 151 Å². The third-order valence-corrected chi connectivity index (χ3v) is 5.43. The molecule has 25 heavy (non-hydrogen) atoms. The van der Waals surface area contributed by atoms with Gasteiger partial charge in [0.05, 0.1) is 0 Å². The van der Waals surface area contributed by atoms with Crippen LogP contribution in [-0.4, -0.2) is 19.3 Å². The molecule has 2 aromatic carbocycles. The van der Waals surface area contributed by atoms with E-state index in [4.69, 9.17) is 12.2 Å². The summed E-state index contributed by atoms with van der Waals surface area (Å²) in [7, 11) is 0. The Kier molecular flexibility index (Phi) is 4.09. The highest BCUT2D eigenvalue weighted by Gasteiger charge is 2.20. The molecule has 0 spiro atoms. The summed E-state index contributed by atoms with van der Waals surface area (Å²) in [5.74, 6) is -0.210. The van der Waals surface area contributed by atoms with Crippen LogP contribution in [0, 0.1) is 4.77 Å². The lowest BCUT2D eigenvalue weighted by atomic mass is 9.88. The van der Waals surface area contributed by atoms with E-state index in [9.17, 15) is 10.2 Å². The van der Waals surface area contributed by atoms with Gasteiger partial charge in [0.15, 0.2) is 16.3 Å². The molecule has 4 rings (SSSR count). The SMILES string of the molecule is Oc1ccc(Cn2ccn(C3CCc4ccccc4C3)c2=S)cc1O. The Bertz CT molecular complexity index is 974. The van der Waals surface area contributed by atoms with Gasteiger partial charge in [-0.15, -0.1) is 0 Å². The Morgan fingerprint density at radius 1 is 1.00 bits per heavy atom. The standard InChI is InChI=1S/C20H20N2O2S/c23-18-8-5-14(11-19(18)24)13-21-9-10-22(20(21)25)17-7-6-15-3-1-2-4-16(15)12-17/h1-5,8-11,17,23-24H,6-7,12-13H2. The largest absolute Gasteiger partial charge is 0.504 e. The third kappa shape index (κ3) is 3.07. The zero-order valence-electron chi connectivity index (χ0n) is 13.8. The first-order valence-electron chi connectivity index (χ1n) is 8.47. The maximum Gasteiger partial charge on any atom is 0.180 e. The van der Waals surface area contributed by atoms with E-state index in [1.165, 1.54) is 17.2 Å². The number of aromatic nitrogens is 2. The van der Waals surface area contributed by atoms with E-state index in [-0.39, 0.29) is 11.5 Å². The number of phenols is 2.